The maximum absolute atomic E-state index is 12.4. The van der Waals surface area contributed by atoms with Gasteiger partial charge in [-0.1, -0.05) is 6.07 Å². The van der Waals surface area contributed by atoms with Gasteiger partial charge in [0.25, 0.3) is 5.91 Å². The van der Waals surface area contributed by atoms with Crippen LogP contribution in [0.25, 0.3) is 0 Å². The van der Waals surface area contributed by atoms with Crippen LogP contribution in [0.5, 0.6) is 0 Å². The summed E-state index contributed by atoms with van der Waals surface area (Å²) in [4.78, 5) is 30.7. The molecular weight excluding hydrogens is 344 g/mol. The molecule has 7 heteroatoms. The Morgan fingerprint density at radius 1 is 1.22 bits per heavy atom. The Morgan fingerprint density at radius 2 is 2.00 bits per heavy atom. The minimum atomic E-state index is -0.182. The van der Waals surface area contributed by atoms with Gasteiger partial charge in [-0.3, -0.25) is 9.78 Å². The molecule has 2 N–H and O–H groups in total. The van der Waals surface area contributed by atoms with Crippen LogP contribution in [0.1, 0.15) is 35.0 Å². The molecule has 1 aromatic carbocycles. The minimum Gasteiger partial charge on any atom is -0.385 e. The zero-order chi connectivity index (χ0) is 19.2. The minimum absolute atomic E-state index is 0.0298. The first kappa shape index (κ1) is 18.8. The number of carbonyl (C=O) groups is 2. The zero-order valence-corrected chi connectivity index (χ0v) is 15.6. The van der Waals surface area contributed by atoms with Gasteiger partial charge in [0.05, 0.1) is 12.2 Å². The predicted octanol–water partition coefficient (Wildman–Crippen LogP) is 2.78. The van der Waals surface area contributed by atoms with E-state index in [1.165, 1.54) is 0 Å². The molecule has 1 aromatic heterocycles. The molecule has 3 rings (SSSR count). The van der Waals surface area contributed by atoms with Crippen molar-refractivity contribution in [2.24, 2.45) is 0 Å². The number of nitrogens with zero attached hydrogens (tertiary/aromatic N) is 2. The van der Waals surface area contributed by atoms with Crippen molar-refractivity contribution in [3.63, 3.8) is 0 Å². The summed E-state index contributed by atoms with van der Waals surface area (Å²) in [7, 11) is 1.64. The fourth-order valence-electron chi connectivity index (χ4n) is 2.92. The molecule has 2 aromatic rings. The van der Waals surface area contributed by atoms with Gasteiger partial charge in [-0.05, 0) is 49.2 Å². The highest BCUT2D eigenvalue weighted by molar-refractivity contribution is 5.95. The van der Waals surface area contributed by atoms with E-state index >= 15 is 0 Å². The van der Waals surface area contributed by atoms with E-state index in [-0.39, 0.29) is 18.0 Å². The van der Waals surface area contributed by atoms with Crippen molar-refractivity contribution in [2.45, 2.75) is 32.5 Å². The van der Waals surface area contributed by atoms with Crippen LogP contribution in [-0.4, -0.2) is 41.6 Å². The number of anilines is 1. The summed E-state index contributed by atoms with van der Waals surface area (Å²) in [5, 5.41) is 5.79. The smallest absolute Gasteiger partial charge is 0.322 e. The van der Waals surface area contributed by atoms with Crippen LogP contribution in [-0.2, 0) is 17.8 Å². The van der Waals surface area contributed by atoms with Gasteiger partial charge in [-0.15, -0.1) is 0 Å². The largest absolute Gasteiger partial charge is 0.385 e. The molecule has 1 aliphatic heterocycles. The van der Waals surface area contributed by atoms with Crippen LogP contribution in [0.3, 0.4) is 0 Å². The molecule has 2 heterocycles. The highest BCUT2D eigenvalue weighted by atomic mass is 16.5. The number of hydrogen-bond acceptors (Lipinski definition) is 4. The fourth-order valence-corrected chi connectivity index (χ4v) is 2.92. The van der Waals surface area contributed by atoms with Crippen LogP contribution >= 0.6 is 0 Å². The van der Waals surface area contributed by atoms with Gasteiger partial charge in [-0.25, -0.2) is 4.79 Å². The highest BCUT2D eigenvalue weighted by Crippen LogP contribution is 2.21. The lowest BCUT2D eigenvalue weighted by molar-refractivity contribution is 0.0929. The molecule has 0 radical (unpaired) electrons. The van der Waals surface area contributed by atoms with Crippen molar-refractivity contribution < 1.29 is 14.3 Å². The lowest BCUT2D eigenvalue weighted by atomic mass is 10.1. The van der Waals surface area contributed by atoms with Gasteiger partial charge in [0, 0.05) is 43.8 Å². The number of fused-ring (bicyclic) bond motifs is 1. The number of nitrogens with one attached hydrogen (secondary N) is 2. The molecular formula is C20H24N4O3. The average Bonchev–Trinajstić information content (AvgIpc) is 3.11. The molecule has 0 aliphatic carbocycles. The monoisotopic (exact) mass is 368 g/mol. The number of hydrogen-bond donors (Lipinski definition) is 2. The number of aromatic nitrogens is 1. The van der Waals surface area contributed by atoms with Crippen molar-refractivity contribution in [3.05, 3.63) is 59.4 Å². The molecule has 0 bridgehead atoms. The van der Waals surface area contributed by atoms with Gasteiger partial charge < -0.3 is 20.3 Å². The van der Waals surface area contributed by atoms with Crippen molar-refractivity contribution in [1.82, 2.24) is 15.2 Å². The van der Waals surface area contributed by atoms with Crippen molar-refractivity contribution in [3.8, 4) is 0 Å². The number of methoxy groups -OCH3 is 1. The molecule has 3 amide bonds. The number of ether oxygens (including phenoxy) is 1. The van der Waals surface area contributed by atoms with E-state index in [1.807, 2.05) is 19.1 Å². The van der Waals surface area contributed by atoms with E-state index in [4.69, 9.17) is 4.74 Å². The normalized spacial score (nSPS) is 13.8. The molecule has 7 nitrogen and oxygen atoms in total. The summed E-state index contributed by atoms with van der Waals surface area (Å²) < 4.78 is 5.02. The standard InChI is InChI=1S/C20H24N4O3/c1-14(9-11-27-2)22-19(25)15-5-7-17(8-6-15)23-20(26)24-12-16-4-3-10-21-18(16)13-24/h3-8,10,14H,9,11-13H2,1-2H3,(H,22,25)(H,23,26). The first-order valence-electron chi connectivity index (χ1n) is 8.95. The molecule has 0 saturated carbocycles. The van der Waals surface area contributed by atoms with E-state index in [1.54, 1.807) is 42.5 Å². The van der Waals surface area contributed by atoms with Gasteiger partial charge in [0.15, 0.2) is 0 Å². The Balaban J connectivity index is 1.53. The Bertz CT molecular complexity index is 782. The van der Waals surface area contributed by atoms with E-state index in [0.29, 0.717) is 30.9 Å². The third kappa shape index (κ3) is 4.83. The first-order chi connectivity index (χ1) is 13.1. The molecule has 0 fully saturated rings. The lowest BCUT2D eigenvalue weighted by Crippen LogP contribution is -2.33. The number of rotatable bonds is 6. The number of urea groups is 1. The molecule has 0 saturated heterocycles. The van der Waals surface area contributed by atoms with Gasteiger partial charge in [0.1, 0.15) is 0 Å². The van der Waals surface area contributed by atoms with Crippen LogP contribution in [0.15, 0.2) is 42.6 Å². The van der Waals surface area contributed by atoms with Crippen LogP contribution in [0.2, 0.25) is 0 Å². The number of pyridine rings is 1. The maximum atomic E-state index is 12.4. The van der Waals surface area contributed by atoms with Crippen molar-refractivity contribution >= 4 is 17.6 Å². The van der Waals surface area contributed by atoms with Crippen molar-refractivity contribution in [2.75, 3.05) is 19.0 Å². The Hall–Kier alpha value is -2.93. The number of benzene rings is 1. The highest BCUT2D eigenvalue weighted by Gasteiger charge is 2.24. The first-order valence-corrected chi connectivity index (χ1v) is 8.95. The van der Waals surface area contributed by atoms with E-state index < -0.39 is 0 Å². The summed E-state index contributed by atoms with van der Waals surface area (Å²) in [5.74, 6) is -0.141. The third-order valence-electron chi connectivity index (χ3n) is 4.50. The molecule has 27 heavy (non-hydrogen) atoms. The van der Waals surface area contributed by atoms with Gasteiger partial charge in [-0.2, -0.15) is 0 Å². The van der Waals surface area contributed by atoms with Gasteiger partial charge in [0.2, 0.25) is 0 Å². The van der Waals surface area contributed by atoms with Crippen LogP contribution in [0.4, 0.5) is 10.5 Å². The van der Waals surface area contributed by atoms with E-state index in [0.717, 1.165) is 17.7 Å². The molecule has 142 valence electrons. The second-order valence-corrected chi connectivity index (χ2v) is 6.63. The van der Waals surface area contributed by atoms with E-state index in [2.05, 4.69) is 15.6 Å². The van der Waals surface area contributed by atoms with Gasteiger partial charge >= 0.3 is 6.03 Å². The summed E-state index contributed by atoms with van der Waals surface area (Å²) in [5.41, 5.74) is 3.20. The SMILES string of the molecule is COCCC(C)NC(=O)c1ccc(NC(=O)N2Cc3cccnc3C2)cc1. The third-order valence-corrected chi connectivity index (χ3v) is 4.50. The summed E-state index contributed by atoms with van der Waals surface area (Å²) in [6.45, 7) is 3.59. The summed E-state index contributed by atoms with van der Waals surface area (Å²) >= 11 is 0. The Kier molecular flexibility index (Phi) is 6.03. The Morgan fingerprint density at radius 3 is 2.70 bits per heavy atom. The second kappa shape index (κ2) is 8.64. The summed E-state index contributed by atoms with van der Waals surface area (Å²) in [6, 6.07) is 10.6. The zero-order valence-electron chi connectivity index (χ0n) is 15.6. The molecule has 0 spiro atoms. The molecule has 1 atom stereocenters. The molecule has 1 unspecified atom stereocenters. The predicted molar refractivity (Wildman–Crippen MR) is 102 cm³/mol. The number of amides is 3. The maximum Gasteiger partial charge on any atom is 0.322 e. The molecule has 1 aliphatic rings. The second-order valence-electron chi connectivity index (χ2n) is 6.63. The Labute approximate surface area is 158 Å². The topological polar surface area (TPSA) is 83.6 Å². The fraction of sp³-hybridized carbons (Fsp3) is 0.350. The van der Waals surface area contributed by atoms with Crippen molar-refractivity contribution in [1.29, 1.82) is 0 Å². The quantitative estimate of drug-likeness (QED) is 0.821. The number of carbonyl (C=O) groups excluding carboxylic acids is 2. The van der Waals surface area contributed by atoms with E-state index in [9.17, 15) is 9.59 Å². The van der Waals surface area contributed by atoms with Crippen LogP contribution in [0, 0.1) is 0 Å². The average molecular weight is 368 g/mol. The summed E-state index contributed by atoms with van der Waals surface area (Å²) in [6.07, 6.45) is 2.49. The van der Waals surface area contributed by atoms with Crippen LogP contribution < -0.4 is 10.6 Å². The lowest BCUT2D eigenvalue weighted by Gasteiger charge is -2.16.